The first-order valence-corrected chi connectivity index (χ1v) is 7.76. The van der Waals surface area contributed by atoms with E-state index in [2.05, 4.69) is 9.88 Å². The van der Waals surface area contributed by atoms with E-state index in [1.807, 2.05) is 7.05 Å². The molecular formula is C16H25N3O2. The van der Waals surface area contributed by atoms with Crippen LogP contribution in [0.25, 0.3) is 0 Å². The maximum absolute atomic E-state index is 11.9. The maximum atomic E-state index is 11.9. The lowest BCUT2D eigenvalue weighted by atomic mass is 9.89. The summed E-state index contributed by atoms with van der Waals surface area (Å²) < 4.78 is 5.03. The number of hydrogen-bond acceptors (Lipinski definition) is 5. The second-order valence-electron chi connectivity index (χ2n) is 5.70. The predicted molar refractivity (Wildman–Crippen MR) is 84.5 cm³/mol. The summed E-state index contributed by atoms with van der Waals surface area (Å²) in [5, 5.41) is 0. The zero-order chi connectivity index (χ0) is 15.2. The van der Waals surface area contributed by atoms with Gasteiger partial charge in [-0.25, -0.2) is 9.78 Å². The lowest BCUT2D eigenvalue weighted by Gasteiger charge is -2.28. The van der Waals surface area contributed by atoms with Gasteiger partial charge in [0.15, 0.2) is 5.82 Å². The Morgan fingerprint density at radius 1 is 1.43 bits per heavy atom. The quantitative estimate of drug-likeness (QED) is 0.845. The zero-order valence-electron chi connectivity index (χ0n) is 13.0. The fourth-order valence-corrected chi connectivity index (χ4v) is 3.00. The summed E-state index contributed by atoms with van der Waals surface area (Å²) in [5.74, 6) is 0.979. The molecule has 2 N–H and O–H groups in total. The van der Waals surface area contributed by atoms with Gasteiger partial charge in [0, 0.05) is 19.8 Å². The first kappa shape index (κ1) is 15.6. The Hall–Kier alpha value is -1.78. The number of carbonyl (C=O) groups excluding carboxylic acids is 1. The van der Waals surface area contributed by atoms with E-state index in [9.17, 15) is 4.79 Å². The average molecular weight is 291 g/mol. The summed E-state index contributed by atoms with van der Waals surface area (Å²) in [6.45, 7) is 3.06. The number of carbonyl (C=O) groups is 1. The predicted octanol–water partition coefficient (Wildman–Crippen LogP) is 2.86. The third kappa shape index (κ3) is 3.86. The Morgan fingerprint density at radius 2 is 2.14 bits per heavy atom. The van der Waals surface area contributed by atoms with Crippen molar-refractivity contribution in [2.45, 2.75) is 39.0 Å². The van der Waals surface area contributed by atoms with Crippen molar-refractivity contribution < 1.29 is 9.53 Å². The van der Waals surface area contributed by atoms with Crippen LogP contribution in [0.3, 0.4) is 0 Å². The molecule has 0 atom stereocenters. The number of anilines is 2. The fourth-order valence-electron chi connectivity index (χ4n) is 3.00. The van der Waals surface area contributed by atoms with Crippen LogP contribution >= 0.6 is 0 Å². The normalized spacial score (nSPS) is 15.7. The molecule has 0 bridgehead atoms. The van der Waals surface area contributed by atoms with Crippen LogP contribution in [0.2, 0.25) is 0 Å². The number of rotatable bonds is 5. The monoisotopic (exact) mass is 291 g/mol. The molecule has 0 aromatic carbocycles. The molecule has 116 valence electrons. The van der Waals surface area contributed by atoms with E-state index in [-0.39, 0.29) is 5.97 Å². The number of pyridine rings is 1. The Bertz CT molecular complexity index is 484. The smallest absolute Gasteiger partial charge is 0.340 e. The van der Waals surface area contributed by atoms with Gasteiger partial charge in [0.25, 0.3) is 0 Å². The summed E-state index contributed by atoms with van der Waals surface area (Å²) in [6, 6.07) is 1.62. The SMILES string of the molecule is CCOC(=O)c1ccnc(N(C)CC2CCCCC2)c1N. The van der Waals surface area contributed by atoms with Crippen molar-refractivity contribution in [2.24, 2.45) is 5.92 Å². The molecular weight excluding hydrogens is 266 g/mol. The highest BCUT2D eigenvalue weighted by atomic mass is 16.5. The highest BCUT2D eigenvalue weighted by Crippen LogP contribution is 2.28. The van der Waals surface area contributed by atoms with Gasteiger partial charge in [0.2, 0.25) is 0 Å². The number of ether oxygens (including phenoxy) is 1. The van der Waals surface area contributed by atoms with Crippen molar-refractivity contribution in [1.29, 1.82) is 0 Å². The fraction of sp³-hybridized carbons (Fsp3) is 0.625. The van der Waals surface area contributed by atoms with Crippen molar-refractivity contribution >= 4 is 17.5 Å². The number of esters is 1. The van der Waals surface area contributed by atoms with Crippen LogP contribution in [0.5, 0.6) is 0 Å². The second kappa shape index (κ2) is 7.29. The Morgan fingerprint density at radius 3 is 2.81 bits per heavy atom. The van der Waals surface area contributed by atoms with Gasteiger partial charge >= 0.3 is 5.97 Å². The molecule has 5 heteroatoms. The van der Waals surface area contributed by atoms with Crippen LogP contribution in [-0.2, 0) is 4.74 Å². The molecule has 1 aliphatic rings. The van der Waals surface area contributed by atoms with Gasteiger partial charge in [-0.05, 0) is 31.7 Å². The molecule has 0 aliphatic heterocycles. The Kier molecular flexibility index (Phi) is 5.42. The molecule has 0 radical (unpaired) electrons. The van der Waals surface area contributed by atoms with Crippen molar-refractivity contribution in [3.05, 3.63) is 17.8 Å². The van der Waals surface area contributed by atoms with Crippen LogP contribution < -0.4 is 10.6 Å². The van der Waals surface area contributed by atoms with E-state index in [0.717, 1.165) is 6.54 Å². The molecule has 5 nitrogen and oxygen atoms in total. The molecule has 21 heavy (non-hydrogen) atoms. The summed E-state index contributed by atoms with van der Waals surface area (Å²) in [6.07, 6.45) is 8.12. The molecule has 1 heterocycles. The van der Waals surface area contributed by atoms with E-state index >= 15 is 0 Å². The molecule has 0 unspecified atom stereocenters. The Balaban J connectivity index is 2.11. The van der Waals surface area contributed by atoms with Gasteiger partial charge in [-0.3, -0.25) is 0 Å². The standard InChI is InChI=1S/C16H25N3O2/c1-3-21-16(20)13-9-10-18-15(14(13)17)19(2)11-12-7-5-4-6-8-12/h9-10,12H,3-8,11,17H2,1-2H3. The van der Waals surface area contributed by atoms with Crippen LogP contribution in [0.15, 0.2) is 12.3 Å². The lowest BCUT2D eigenvalue weighted by molar-refractivity contribution is 0.0527. The minimum Gasteiger partial charge on any atom is -0.462 e. The number of nitrogens with zero attached hydrogens (tertiary/aromatic N) is 2. The van der Waals surface area contributed by atoms with Crippen molar-refractivity contribution in [2.75, 3.05) is 30.8 Å². The van der Waals surface area contributed by atoms with Gasteiger partial charge in [-0.15, -0.1) is 0 Å². The van der Waals surface area contributed by atoms with E-state index < -0.39 is 0 Å². The number of nitrogen functional groups attached to an aromatic ring is 1. The van der Waals surface area contributed by atoms with Crippen molar-refractivity contribution in [3.8, 4) is 0 Å². The van der Waals surface area contributed by atoms with Gasteiger partial charge in [-0.1, -0.05) is 19.3 Å². The van der Waals surface area contributed by atoms with Crippen LogP contribution in [0.4, 0.5) is 11.5 Å². The molecule has 1 aromatic rings. The van der Waals surface area contributed by atoms with Crippen molar-refractivity contribution in [1.82, 2.24) is 4.98 Å². The largest absolute Gasteiger partial charge is 0.462 e. The Labute approximate surface area is 126 Å². The maximum Gasteiger partial charge on any atom is 0.340 e. The number of nitrogens with two attached hydrogens (primary N) is 1. The minimum atomic E-state index is -0.385. The highest BCUT2D eigenvalue weighted by molar-refractivity contribution is 5.97. The van der Waals surface area contributed by atoms with Gasteiger partial charge in [0.05, 0.1) is 17.9 Å². The molecule has 1 saturated carbocycles. The topological polar surface area (TPSA) is 68.5 Å². The highest BCUT2D eigenvalue weighted by Gasteiger charge is 2.20. The van der Waals surface area contributed by atoms with E-state index in [1.54, 1.807) is 19.2 Å². The van der Waals surface area contributed by atoms with E-state index in [4.69, 9.17) is 10.5 Å². The van der Waals surface area contributed by atoms with Crippen LogP contribution in [-0.4, -0.2) is 31.2 Å². The molecule has 0 saturated heterocycles. The first-order chi connectivity index (χ1) is 10.1. The summed E-state index contributed by atoms with van der Waals surface area (Å²) in [5.41, 5.74) is 6.93. The lowest BCUT2D eigenvalue weighted by Crippen LogP contribution is -2.28. The van der Waals surface area contributed by atoms with E-state index in [1.165, 1.54) is 32.1 Å². The second-order valence-corrected chi connectivity index (χ2v) is 5.70. The molecule has 1 aliphatic carbocycles. The van der Waals surface area contributed by atoms with Gasteiger partial charge in [-0.2, -0.15) is 0 Å². The summed E-state index contributed by atoms with van der Waals surface area (Å²) >= 11 is 0. The van der Waals surface area contributed by atoms with E-state index in [0.29, 0.717) is 29.6 Å². The first-order valence-electron chi connectivity index (χ1n) is 7.76. The third-order valence-corrected chi connectivity index (χ3v) is 4.08. The number of aromatic nitrogens is 1. The minimum absolute atomic E-state index is 0.341. The molecule has 1 fully saturated rings. The van der Waals surface area contributed by atoms with Gasteiger partial charge in [0.1, 0.15) is 0 Å². The van der Waals surface area contributed by atoms with Crippen LogP contribution in [0, 0.1) is 5.92 Å². The molecule has 0 amide bonds. The van der Waals surface area contributed by atoms with Crippen molar-refractivity contribution in [3.63, 3.8) is 0 Å². The molecule has 2 rings (SSSR count). The molecule has 0 spiro atoms. The zero-order valence-corrected chi connectivity index (χ0v) is 13.0. The summed E-state index contributed by atoms with van der Waals surface area (Å²) in [7, 11) is 1.99. The van der Waals surface area contributed by atoms with Gasteiger partial charge < -0.3 is 15.4 Å². The average Bonchev–Trinajstić information content (AvgIpc) is 2.48. The summed E-state index contributed by atoms with van der Waals surface area (Å²) in [4.78, 5) is 18.3. The third-order valence-electron chi connectivity index (χ3n) is 4.08. The number of hydrogen-bond donors (Lipinski definition) is 1. The molecule has 1 aromatic heterocycles. The van der Waals surface area contributed by atoms with Crippen LogP contribution in [0.1, 0.15) is 49.4 Å².